The number of aromatic hydroxyl groups is 1. The Morgan fingerprint density at radius 1 is 0.453 bits per heavy atom. The number of phenolic OH excluding ortho intramolecular Hbond substituents is 1. The summed E-state index contributed by atoms with van der Waals surface area (Å²) >= 11 is 0. The number of ether oxygens (including phenoxy) is 1. The number of rotatable bonds is 19. The Hall–Kier alpha value is -12.6. The smallest absolute Gasteiger partial charge is 0.167 e. The number of carbonyl (C=O) groups is 3. The monoisotopic (exact) mass is 1250 g/mol. The van der Waals surface area contributed by atoms with Gasteiger partial charge in [-0.25, -0.2) is 29.9 Å². The second kappa shape index (κ2) is 24.9. The van der Waals surface area contributed by atoms with Crippen molar-refractivity contribution in [1.29, 1.82) is 0 Å². The summed E-state index contributed by atoms with van der Waals surface area (Å²) in [5.74, 6) is 1.31. The standard InChI is InChI=1S/C75H61N15O5/c1-41-51(31-52(43-16-9-7-10-17-43)33-56(41)82-69-62-65(85-88-72(62)79-38-76-69)48-23-13-20-45(28-48)42(2)91)35-59(92)46-21-14-24-49(29-46)67-64-71(78-40-81-74(64)90-87-67)84-58-34-53(44-18-11-8-12-19-44)32-54(68(58)94)36-60(93)47-22-15-25-50(30-47)66-63-70(77-39-80-73(63)89-86-66)83-57-37-55(75(3,4)5)26-27-61(57)95-6/h7-34,37-40,94H,35-36H2,1-6H3,(H2,76,79,82,85,88)(H2,77,80,83,86,89)(H2,78,81,84,87,90). The van der Waals surface area contributed by atoms with Crippen molar-refractivity contribution in [3.8, 4) is 67.5 Å². The highest BCUT2D eigenvalue weighted by Crippen LogP contribution is 2.42. The fraction of sp³-hybridized carbons (Fsp3) is 0.120. The van der Waals surface area contributed by atoms with E-state index < -0.39 is 0 Å². The highest BCUT2D eigenvalue weighted by molar-refractivity contribution is 6.06. The van der Waals surface area contributed by atoms with Gasteiger partial charge < -0.3 is 25.8 Å². The van der Waals surface area contributed by atoms with Crippen LogP contribution in [0.3, 0.4) is 0 Å². The molecule has 0 atom stereocenters. The Morgan fingerprint density at radius 2 is 0.874 bits per heavy atom. The third-order valence-corrected chi connectivity index (χ3v) is 17.0. The number of methoxy groups -OCH3 is 1. The Bertz CT molecular complexity index is 5330. The van der Waals surface area contributed by atoms with Crippen molar-refractivity contribution in [2.24, 2.45) is 0 Å². The van der Waals surface area contributed by atoms with E-state index in [-0.39, 0.29) is 47.0 Å². The van der Waals surface area contributed by atoms with Gasteiger partial charge in [0.25, 0.3) is 0 Å². The summed E-state index contributed by atoms with van der Waals surface area (Å²) in [5, 5.41) is 47.7. The number of H-pyrrole nitrogens is 3. The first-order chi connectivity index (χ1) is 46.1. The fourth-order valence-corrected chi connectivity index (χ4v) is 11.9. The van der Waals surface area contributed by atoms with Crippen LogP contribution in [0.4, 0.5) is 34.5 Å². The Morgan fingerprint density at radius 3 is 1.35 bits per heavy atom. The molecule has 95 heavy (non-hydrogen) atoms. The molecule has 466 valence electrons. The molecular formula is C75H61N15O5. The maximum atomic E-state index is 14.8. The zero-order chi connectivity index (χ0) is 65.5. The lowest BCUT2D eigenvalue weighted by Crippen LogP contribution is -2.11. The number of aromatic nitrogens is 12. The number of anilines is 6. The van der Waals surface area contributed by atoms with Gasteiger partial charge in [-0.3, -0.25) is 29.7 Å². The van der Waals surface area contributed by atoms with E-state index in [2.05, 4.69) is 82.2 Å². The summed E-state index contributed by atoms with van der Waals surface area (Å²) in [6.07, 6.45) is 4.18. The molecule has 0 aliphatic rings. The lowest BCUT2D eigenvalue weighted by atomic mass is 9.87. The zero-order valence-corrected chi connectivity index (χ0v) is 52.5. The van der Waals surface area contributed by atoms with Crippen molar-refractivity contribution in [1.82, 2.24) is 60.5 Å². The van der Waals surface area contributed by atoms with Crippen LogP contribution in [0.1, 0.15) is 81.0 Å². The molecule has 0 saturated heterocycles. The number of hydrogen-bond donors (Lipinski definition) is 7. The largest absolute Gasteiger partial charge is 0.505 e. The second-order valence-electron chi connectivity index (χ2n) is 24.2. The van der Waals surface area contributed by atoms with Gasteiger partial charge >= 0.3 is 0 Å². The first kappa shape index (κ1) is 60.0. The molecule has 0 radical (unpaired) electrons. The van der Waals surface area contributed by atoms with E-state index in [0.717, 1.165) is 55.9 Å². The van der Waals surface area contributed by atoms with Gasteiger partial charge in [0, 0.05) is 57.5 Å². The van der Waals surface area contributed by atoms with Gasteiger partial charge in [0.2, 0.25) is 0 Å². The summed E-state index contributed by atoms with van der Waals surface area (Å²) < 4.78 is 5.75. The lowest BCUT2D eigenvalue weighted by molar-refractivity contribution is 0.0984. The highest BCUT2D eigenvalue weighted by atomic mass is 16.5. The number of aromatic amines is 3. The van der Waals surface area contributed by atoms with Crippen molar-refractivity contribution in [3.05, 3.63) is 234 Å². The van der Waals surface area contributed by atoms with E-state index in [4.69, 9.17) is 19.8 Å². The Labute approximate surface area is 544 Å². The molecule has 14 aromatic rings. The lowest BCUT2D eigenvalue weighted by Gasteiger charge is -2.21. The predicted octanol–water partition coefficient (Wildman–Crippen LogP) is 15.6. The summed E-state index contributed by atoms with van der Waals surface area (Å²) in [6, 6.07) is 55.1. The minimum absolute atomic E-state index is 0.0444. The van der Waals surface area contributed by atoms with Crippen molar-refractivity contribution in [3.63, 3.8) is 0 Å². The van der Waals surface area contributed by atoms with Gasteiger partial charge in [0.05, 0.1) is 34.6 Å². The number of nitrogens with zero attached hydrogens (tertiary/aromatic N) is 9. The van der Waals surface area contributed by atoms with E-state index in [1.165, 1.54) is 25.9 Å². The molecule has 0 aliphatic heterocycles. The van der Waals surface area contributed by atoms with Crippen LogP contribution in [0.5, 0.6) is 11.5 Å². The normalized spacial score (nSPS) is 11.5. The van der Waals surface area contributed by atoms with Crippen LogP contribution in [-0.2, 0) is 18.3 Å². The molecule has 20 nitrogen and oxygen atoms in total. The number of ketones is 3. The molecule has 0 saturated carbocycles. The topological polar surface area (TPSA) is 280 Å². The number of nitrogens with one attached hydrogen (secondary N) is 6. The maximum Gasteiger partial charge on any atom is 0.167 e. The highest BCUT2D eigenvalue weighted by Gasteiger charge is 2.25. The third-order valence-electron chi connectivity index (χ3n) is 17.0. The van der Waals surface area contributed by atoms with Crippen LogP contribution in [-0.4, -0.2) is 90.1 Å². The molecule has 6 heterocycles. The number of hydrogen-bond acceptors (Lipinski definition) is 17. The maximum absolute atomic E-state index is 14.8. The van der Waals surface area contributed by atoms with Gasteiger partial charge in [-0.05, 0) is 107 Å². The molecule has 7 N–H and O–H groups in total. The van der Waals surface area contributed by atoms with Crippen molar-refractivity contribution in [2.45, 2.75) is 52.9 Å². The van der Waals surface area contributed by atoms with E-state index in [9.17, 15) is 19.5 Å². The number of benzene rings is 8. The number of phenols is 1. The van der Waals surface area contributed by atoms with E-state index in [0.29, 0.717) is 107 Å². The molecule has 8 aromatic carbocycles. The SMILES string of the molecule is COc1ccc(C(C)(C)C)cc1Nc1ncnc2[nH]nc(-c3cccc(C(=O)Cc4cc(-c5ccccc5)cc(Nc5ncnc6[nH]nc(-c7cccc(C(=O)Cc8cc(-c9ccccc9)cc(Nc9ncnc%10[nH]nc(-c%11cccc(C(C)=O)c%11)c9%10)c8C)c7)c56)c4O)c3)c12. The number of carbonyl (C=O) groups excluding carboxylic acids is 3. The minimum Gasteiger partial charge on any atom is -0.505 e. The predicted molar refractivity (Wildman–Crippen MR) is 369 cm³/mol. The van der Waals surface area contributed by atoms with Crippen molar-refractivity contribution >= 4 is 85.0 Å². The average molecular weight is 1250 g/mol. The second-order valence-corrected chi connectivity index (χ2v) is 24.2. The van der Waals surface area contributed by atoms with Gasteiger partial charge in [0.1, 0.15) is 65.0 Å². The molecule has 20 heteroatoms. The quantitative estimate of drug-likeness (QED) is 0.0293. The van der Waals surface area contributed by atoms with E-state index >= 15 is 0 Å². The van der Waals surface area contributed by atoms with Gasteiger partial charge in [-0.2, -0.15) is 15.3 Å². The van der Waals surface area contributed by atoms with E-state index in [1.807, 2.05) is 140 Å². The van der Waals surface area contributed by atoms with E-state index in [1.54, 1.807) is 49.6 Å². The Kier molecular flexibility index (Phi) is 15.7. The molecule has 0 unspecified atom stereocenters. The molecular weight excluding hydrogens is 1190 g/mol. The molecule has 0 aliphatic carbocycles. The van der Waals surface area contributed by atoms with Crippen LogP contribution in [0, 0.1) is 6.92 Å². The number of fused-ring (bicyclic) bond motifs is 3. The zero-order valence-electron chi connectivity index (χ0n) is 52.5. The Balaban J connectivity index is 0.757. The van der Waals surface area contributed by atoms with Gasteiger partial charge in [-0.15, -0.1) is 0 Å². The van der Waals surface area contributed by atoms with Crippen LogP contribution < -0.4 is 20.7 Å². The van der Waals surface area contributed by atoms with Crippen LogP contribution in [0.15, 0.2) is 195 Å². The van der Waals surface area contributed by atoms with Crippen LogP contribution >= 0.6 is 0 Å². The first-order valence-electron chi connectivity index (χ1n) is 30.7. The molecule has 0 amide bonds. The first-order valence-corrected chi connectivity index (χ1v) is 30.7. The minimum atomic E-state index is -0.258. The average Bonchev–Trinajstić information content (AvgIpc) is 1.75. The van der Waals surface area contributed by atoms with Crippen molar-refractivity contribution in [2.75, 3.05) is 23.1 Å². The molecule has 6 aromatic heterocycles. The summed E-state index contributed by atoms with van der Waals surface area (Å²) in [7, 11) is 1.62. The molecule has 0 bridgehead atoms. The van der Waals surface area contributed by atoms with Gasteiger partial charge in [-0.1, -0.05) is 148 Å². The third kappa shape index (κ3) is 11.9. The van der Waals surface area contributed by atoms with Crippen molar-refractivity contribution < 1.29 is 24.2 Å². The summed E-state index contributed by atoms with van der Waals surface area (Å²) in [4.78, 5) is 69.4. The fourth-order valence-electron chi connectivity index (χ4n) is 11.9. The van der Waals surface area contributed by atoms with Crippen LogP contribution in [0.2, 0.25) is 0 Å². The van der Waals surface area contributed by atoms with Crippen LogP contribution in [0.25, 0.3) is 89.1 Å². The molecule has 0 fully saturated rings. The summed E-state index contributed by atoms with van der Waals surface area (Å²) in [6.45, 7) is 9.93. The summed E-state index contributed by atoms with van der Waals surface area (Å²) in [5.41, 5.74) is 14.4. The molecule has 0 spiro atoms. The molecule has 14 rings (SSSR count). The number of Topliss-reactive ketones (excluding diaryl/α,β-unsaturated/α-hetero) is 3. The van der Waals surface area contributed by atoms with Gasteiger partial charge in [0.15, 0.2) is 34.3 Å².